The van der Waals surface area contributed by atoms with Gasteiger partial charge in [-0.2, -0.15) is 0 Å². The second-order valence-electron chi connectivity index (χ2n) is 5.10. The van der Waals surface area contributed by atoms with E-state index in [1.54, 1.807) is 30.3 Å². The first-order chi connectivity index (χ1) is 10.5. The summed E-state index contributed by atoms with van der Waals surface area (Å²) in [5.41, 5.74) is 2.72. The summed E-state index contributed by atoms with van der Waals surface area (Å²) in [6.07, 6.45) is 1.46. The Kier molecular flexibility index (Phi) is 3.51. The Labute approximate surface area is 127 Å². The summed E-state index contributed by atoms with van der Waals surface area (Å²) in [5.74, 6) is 0.0605. The average Bonchev–Trinajstić information content (AvgIpc) is 2.48. The lowest BCUT2D eigenvalue weighted by Gasteiger charge is -2.05. The van der Waals surface area contributed by atoms with E-state index in [4.69, 9.17) is 9.15 Å². The lowest BCUT2D eigenvalue weighted by atomic mass is 10.0. The highest BCUT2D eigenvalue weighted by Crippen LogP contribution is 2.23. The SMILES string of the molecule is CC(=O)Oc1ccc(-c2coc3cc(C)ccc3c2=O)cc1. The molecule has 0 saturated heterocycles. The van der Waals surface area contributed by atoms with E-state index in [0.717, 1.165) is 5.56 Å². The minimum Gasteiger partial charge on any atom is -0.463 e. The minimum atomic E-state index is -0.381. The van der Waals surface area contributed by atoms with E-state index in [2.05, 4.69) is 0 Å². The van der Waals surface area contributed by atoms with Crippen molar-refractivity contribution in [2.45, 2.75) is 13.8 Å². The Bertz CT molecular complexity index is 905. The molecular formula is C18H14O4. The van der Waals surface area contributed by atoms with E-state index in [1.807, 2.05) is 19.1 Å². The number of carbonyl (C=O) groups is 1. The van der Waals surface area contributed by atoms with Crippen LogP contribution in [0.25, 0.3) is 22.1 Å². The van der Waals surface area contributed by atoms with Crippen molar-refractivity contribution in [1.29, 1.82) is 0 Å². The molecule has 0 fully saturated rings. The van der Waals surface area contributed by atoms with Crippen LogP contribution in [0.15, 0.2) is 57.9 Å². The predicted molar refractivity (Wildman–Crippen MR) is 84.0 cm³/mol. The van der Waals surface area contributed by atoms with Crippen molar-refractivity contribution in [3.05, 3.63) is 64.5 Å². The van der Waals surface area contributed by atoms with Crippen LogP contribution in [0.2, 0.25) is 0 Å². The monoisotopic (exact) mass is 294 g/mol. The third kappa shape index (κ3) is 2.63. The fraction of sp³-hybridized carbons (Fsp3) is 0.111. The Morgan fingerprint density at radius 1 is 1.09 bits per heavy atom. The summed E-state index contributed by atoms with van der Waals surface area (Å²) in [5, 5.41) is 0.548. The molecular weight excluding hydrogens is 280 g/mol. The molecule has 3 aromatic rings. The van der Waals surface area contributed by atoms with Crippen molar-refractivity contribution < 1.29 is 13.9 Å². The molecule has 0 radical (unpaired) electrons. The van der Waals surface area contributed by atoms with Crippen molar-refractivity contribution in [1.82, 2.24) is 0 Å². The van der Waals surface area contributed by atoms with Gasteiger partial charge >= 0.3 is 5.97 Å². The molecule has 2 aromatic carbocycles. The fourth-order valence-electron chi connectivity index (χ4n) is 2.30. The summed E-state index contributed by atoms with van der Waals surface area (Å²) in [7, 11) is 0. The average molecular weight is 294 g/mol. The summed E-state index contributed by atoms with van der Waals surface area (Å²) in [6, 6.07) is 12.2. The first-order valence-corrected chi connectivity index (χ1v) is 6.85. The van der Waals surface area contributed by atoms with E-state index in [-0.39, 0.29) is 11.4 Å². The molecule has 0 amide bonds. The topological polar surface area (TPSA) is 56.5 Å². The number of rotatable bonds is 2. The molecule has 0 N–H and O–H groups in total. The van der Waals surface area contributed by atoms with Crippen LogP contribution in [0, 0.1) is 6.92 Å². The van der Waals surface area contributed by atoms with Gasteiger partial charge in [-0.1, -0.05) is 18.2 Å². The largest absolute Gasteiger partial charge is 0.463 e. The molecule has 0 atom stereocenters. The van der Waals surface area contributed by atoms with Crippen molar-refractivity contribution in [2.75, 3.05) is 0 Å². The Morgan fingerprint density at radius 2 is 1.82 bits per heavy atom. The lowest BCUT2D eigenvalue weighted by molar-refractivity contribution is -0.131. The van der Waals surface area contributed by atoms with Crippen LogP contribution in [0.4, 0.5) is 0 Å². The number of hydrogen-bond donors (Lipinski definition) is 0. The Balaban J connectivity index is 2.06. The van der Waals surface area contributed by atoms with Crippen LogP contribution in [0.1, 0.15) is 12.5 Å². The second kappa shape index (κ2) is 5.48. The first kappa shape index (κ1) is 14.1. The fourth-order valence-corrected chi connectivity index (χ4v) is 2.30. The highest BCUT2D eigenvalue weighted by molar-refractivity contribution is 5.82. The van der Waals surface area contributed by atoms with Gasteiger partial charge in [-0.15, -0.1) is 0 Å². The molecule has 3 rings (SSSR count). The summed E-state index contributed by atoms with van der Waals surface area (Å²) in [4.78, 5) is 23.5. The van der Waals surface area contributed by atoms with Gasteiger partial charge in [0, 0.05) is 6.92 Å². The number of fused-ring (bicyclic) bond motifs is 1. The number of ether oxygens (including phenoxy) is 1. The first-order valence-electron chi connectivity index (χ1n) is 6.85. The molecule has 22 heavy (non-hydrogen) atoms. The molecule has 4 heteroatoms. The number of benzene rings is 2. The molecule has 0 aliphatic carbocycles. The van der Waals surface area contributed by atoms with E-state index in [0.29, 0.717) is 27.8 Å². The minimum absolute atomic E-state index is 0.0820. The van der Waals surface area contributed by atoms with Crippen molar-refractivity contribution >= 4 is 16.9 Å². The van der Waals surface area contributed by atoms with Gasteiger partial charge in [0.1, 0.15) is 17.6 Å². The third-order valence-corrected chi connectivity index (χ3v) is 3.36. The maximum absolute atomic E-state index is 12.6. The zero-order valence-electron chi connectivity index (χ0n) is 12.3. The van der Waals surface area contributed by atoms with Crippen LogP contribution in [0.3, 0.4) is 0 Å². The Hall–Kier alpha value is -2.88. The van der Waals surface area contributed by atoms with Crippen LogP contribution < -0.4 is 10.2 Å². The second-order valence-corrected chi connectivity index (χ2v) is 5.10. The lowest BCUT2D eigenvalue weighted by Crippen LogP contribution is -2.05. The number of aryl methyl sites for hydroxylation is 1. The quantitative estimate of drug-likeness (QED) is 0.534. The predicted octanol–water partition coefficient (Wildman–Crippen LogP) is 3.69. The van der Waals surface area contributed by atoms with Crippen LogP contribution in [0.5, 0.6) is 5.75 Å². The van der Waals surface area contributed by atoms with E-state index in [1.165, 1.54) is 13.2 Å². The zero-order valence-corrected chi connectivity index (χ0v) is 12.3. The summed E-state index contributed by atoms with van der Waals surface area (Å²) < 4.78 is 10.5. The maximum atomic E-state index is 12.6. The Morgan fingerprint density at radius 3 is 2.50 bits per heavy atom. The van der Waals surface area contributed by atoms with Crippen molar-refractivity contribution in [3.8, 4) is 16.9 Å². The summed E-state index contributed by atoms with van der Waals surface area (Å²) >= 11 is 0. The van der Waals surface area contributed by atoms with E-state index < -0.39 is 0 Å². The molecule has 0 saturated carbocycles. The van der Waals surface area contributed by atoms with Gasteiger partial charge in [0.15, 0.2) is 5.43 Å². The van der Waals surface area contributed by atoms with Crippen LogP contribution in [-0.2, 0) is 4.79 Å². The normalized spacial score (nSPS) is 10.6. The van der Waals surface area contributed by atoms with Gasteiger partial charge < -0.3 is 9.15 Å². The molecule has 0 aliphatic heterocycles. The molecule has 0 bridgehead atoms. The molecule has 110 valence electrons. The molecule has 0 aliphatic rings. The highest BCUT2D eigenvalue weighted by atomic mass is 16.5. The number of carbonyl (C=O) groups excluding carboxylic acids is 1. The van der Waals surface area contributed by atoms with Gasteiger partial charge in [0.2, 0.25) is 0 Å². The zero-order chi connectivity index (χ0) is 15.7. The maximum Gasteiger partial charge on any atom is 0.308 e. The van der Waals surface area contributed by atoms with Gasteiger partial charge in [0.05, 0.1) is 10.9 Å². The molecule has 1 heterocycles. The highest BCUT2D eigenvalue weighted by Gasteiger charge is 2.09. The van der Waals surface area contributed by atoms with Crippen LogP contribution in [-0.4, -0.2) is 5.97 Å². The number of esters is 1. The van der Waals surface area contributed by atoms with Crippen molar-refractivity contribution in [2.24, 2.45) is 0 Å². The molecule has 0 spiro atoms. The molecule has 1 aromatic heterocycles. The standard InChI is InChI=1S/C18H14O4/c1-11-3-8-15-17(9-11)21-10-16(18(15)20)13-4-6-14(7-5-13)22-12(2)19/h3-10H,1-2H3. The smallest absolute Gasteiger partial charge is 0.308 e. The molecule has 4 nitrogen and oxygen atoms in total. The van der Waals surface area contributed by atoms with Crippen LogP contribution >= 0.6 is 0 Å². The van der Waals surface area contributed by atoms with Gasteiger partial charge in [-0.25, -0.2) is 0 Å². The van der Waals surface area contributed by atoms with E-state index >= 15 is 0 Å². The van der Waals surface area contributed by atoms with Gasteiger partial charge in [-0.3, -0.25) is 9.59 Å². The van der Waals surface area contributed by atoms with Gasteiger partial charge in [0.25, 0.3) is 0 Å². The van der Waals surface area contributed by atoms with Crippen molar-refractivity contribution in [3.63, 3.8) is 0 Å². The molecule has 0 unspecified atom stereocenters. The summed E-state index contributed by atoms with van der Waals surface area (Å²) in [6.45, 7) is 3.29. The third-order valence-electron chi connectivity index (χ3n) is 3.36. The number of hydrogen-bond acceptors (Lipinski definition) is 4. The van der Waals surface area contributed by atoms with E-state index in [9.17, 15) is 9.59 Å². The van der Waals surface area contributed by atoms with Gasteiger partial charge in [-0.05, 0) is 42.3 Å².